The maximum Gasteiger partial charge on any atom is 0.165 e. The van der Waals surface area contributed by atoms with Gasteiger partial charge in [-0.2, -0.15) is 0 Å². The molecule has 0 N–H and O–H groups in total. The van der Waals surface area contributed by atoms with Crippen molar-refractivity contribution < 1.29 is 9.47 Å². The van der Waals surface area contributed by atoms with Gasteiger partial charge in [-0.3, -0.25) is 0 Å². The molecule has 0 saturated carbocycles. The quantitative estimate of drug-likeness (QED) is 0.368. The molecule has 1 rings (SSSR count). The maximum atomic E-state index is 5.98. The second-order valence-electron chi connectivity index (χ2n) is 9.79. The van der Waals surface area contributed by atoms with Gasteiger partial charge in [0.2, 0.25) is 0 Å². The van der Waals surface area contributed by atoms with Crippen molar-refractivity contribution in [3.63, 3.8) is 0 Å². The topological polar surface area (TPSA) is 18.5 Å². The van der Waals surface area contributed by atoms with Crippen molar-refractivity contribution in [3.05, 3.63) is 11.6 Å². The van der Waals surface area contributed by atoms with Crippen molar-refractivity contribution in [2.45, 2.75) is 106 Å². The van der Waals surface area contributed by atoms with Crippen LogP contribution in [-0.2, 0) is 9.47 Å². The first-order valence-corrected chi connectivity index (χ1v) is 10.6. The summed E-state index contributed by atoms with van der Waals surface area (Å²) in [6, 6.07) is 0. The number of ether oxygens (including phenoxy) is 2. The first-order chi connectivity index (χ1) is 11.6. The summed E-state index contributed by atoms with van der Waals surface area (Å²) in [5, 5.41) is 0. The first kappa shape index (κ1) is 22.7. The molecular weight excluding hydrogens is 308 g/mol. The second kappa shape index (κ2) is 10.7. The predicted octanol–water partition coefficient (Wildman–Crippen LogP) is 7.13. The van der Waals surface area contributed by atoms with Crippen LogP contribution in [-0.4, -0.2) is 19.0 Å². The standard InChI is InChI=1S/C23H44O2/c1-19(2)11-8-12-20(3)13-9-14-21(4)15-10-16-23(7)24-17-22(5,6)18-25-23/h15,19-20H,8-14,16-18H2,1-7H3/b21-15+/t20-/m1/s1. The molecule has 0 aromatic heterocycles. The molecular formula is C23H44O2. The normalized spacial score (nSPS) is 21.5. The number of hydrogen-bond acceptors (Lipinski definition) is 2. The van der Waals surface area contributed by atoms with E-state index in [0.717, 1.165) is 37.9 Å². The van der Waals surface area contributed by atoms with Crippen LogP contribution in [0.5, 0.6) is 0 Å². The van der Waals surface area contributed by atoms with E-state index in [4.69, 9.17) is 9.47 Å². The van der Waals surface area contributed by atoms with Gasteiger partial charge in [-0.05, 0) is 44.9 Å². The summed E-state index contributed by atoms with van der Waals surface area (Å²) in [5.41, 5.74) is 1.67. The molecule has 1 heterocycles. The van der Waals surface area contributed by atoms with Gasteiger partial charge >= 0.3 is 0 Å². The van der Waals surface area contributed by atoms with Crippen LogP contribution in [0.1, 0.15) is 99.8 Å². The van der Waals surface area contributed by atoms with E-state index in [0.29, 0.717) is 0 Å². The molecule has 0 radical (unpaired) electrons. The van der Waals surface area contributed by atoms with Gasteiger partial charge < -0.3 is 9.47 Å². The molecule has 2 nitrogen and oxygen atoms in total. The van der Waals surface area contributed by atoms with Gasteiger partial charge in [0, 0.05) is 11.8 Å². The minimum absolute atomic E-state index is 0.150. The first-order valence-electron chi connectivity index (χ1n) is 10.6. The minimum Gasteiger partial charge on any atom is -0.350 e. The van der Waals surface area contributed by atoms with Gasteiger partial charge in [-0.25, -0.2) is 0 Å². The van der Waals surface area contributed by atoms with Crippen molar-refractivity contribution in [2.75, 3.05) is 13.2 Å². The lowest BCUT2D eigenvalue weighted by Gasteiger charge is -2.41. The molecule has 0 spiro atoms. The molecule has 1 aliphatic heterocycles. The number of allylic oxidation sites excluding steroid dienone is 2. The largest absolute Gasteiger partial charge is 0.350 e. The van der Waals surface area contributed by atoms with Crippen molar-refractivity contribution >= 4 is 0 Å². The molecule has 1 fully saturated rings. The Bertz CT molecular complexity index is 385. The van der Waals surface area contributed by atoms with E-state index in [2.05, 4.69) is 54.5 Å². The van der Waals surface area contributed by atoms with Crippen LogP contribution in [0.15, 0.2) is 11.6 Å². The summed E-state index contributed by atoms with van der Waals surface area (Å²) in [6.45, 7) is 17.4. The van der Waals surface area contributed by atoms with Crippen molar-refractivity contribution in [1.82, 2.24) is 0 Å². The van der Waals surface area contributed by atoms with E-state index in [1.54, 1.807) is 0 Å². The lowest BCUT2D eigenvalue weighted by atomic mass is 9.93. The molecule has 0 amide bonds. The zero-order valence-electron chi connectivity index (χ0n) is 18.1. The van der Waals surface area contributed by atoms with Crippen LogP contribution in [0.4, 0.5) is 0 Å². The van der Waals surface area contributed by atoms with Crippen LogP contribution in [0, 0.1) is 17.3 Å². The van der Waals surface area contributed by atoms with Crippen LogP contribution in [0.25, 0.3) is 0 Å². The fourth-order valence-electron chi connectivity index (χ4n) is 3.35. The van der Waals surface area contributed by atoms with E-state index >= 15 is 0 Å². The van der Waals surface area contributed by atoms with Crippen LogP contribution in [0.3, 0.4) is 0 Å². The van der Waals surface area contributed by atoms with Crippen LogP contribution >= 0.6 is 0 Å². The Hall–Kier alpha value is -0.340. The zero-order valence-corrected chi connectivity index (χ0v) is 18.1. The molecule has 0 aromatic carbocycles. The van der Waals surface area contributed by atoms with Gasteiger partial charge in [0.25, 0.3) is 0 Å². The summed E-state index contributed by atoms with van der Waals surface area (Å²) < 4.78 is 12.0. The maximum absolute atomic E-state index is 5.98. The van der Waals surface area contributed by atoms with Gasteiger partial charge in [0.1, 0.15) is 0 Å². The average Bonchev–Trinajstić information content (AvgIpc) is 2.50. The van der Waals surface area contributed by atoms with E-state index in [-0.39, 0.29) is 5.41 Å². The lowest BCUT2D eigenvalue weighted by molar-refractivity contribution is -0.291. The van der Waals surface area contributed by atoms with E-state index < -0.39 is 5.79 Å². The molecule has 25 heavy (non-hydrogen) atoms. The van der Waals surface area contributed by atoms with Crippen LogP contribution < -0.4 is 0 Å². The highest BCUT2D eigenvalue weighted by molar-refractivity contribution is 4.98. The molecule has 1 aliphatic rings. The summed E-state index contributed by atoms with van der Waals surface area (Å²) in [5.74, 6) is 1.33. The Labute approximate surface area is 157 Å². The third kappa shape index (κ3) is 10.4. The highest BCUT2D eigenvalue weighted by atomic mass is 16.7. The minimum atomic E-state index is -0.392. The molecule has 1 atom stereocenters. The highest BCUT2D eigenvalue weighted by Crippen LogP contribution is 2.32. The van der Waals surface area contributed by atoms with Crippen molar-refractivity contribution in [3.8, 4) is 0 Å². The summed E-state index contributed by atoms with van der Waals surface area (Å²) >= 11 is 0. The molecule has 0 aromatic rings. The molecule has 0 unspecified atom stereocenters. The summed E-state index contributed by atoms with van der Waals surface area (Å²) in [6.07, 6.45) is 12.5. The van der Waals surface area contributed by atoms with Gasteiger partial charge in [-0.15, -0.1) is 0 Å². The fourth-order valence-corrected chi connectivity index (χ4v) is 3.35. The molecule has 1 saturated heterocycles. The number of hydrogen-bond donors (Lipinski definition) is 0. The summed E-state index contributed by atoms with van der Waals surface area (Å²) in [7, 11) is 0. The van der Waals surface area contributed by atoms with Crippen molar-refractivity contribution in [2.24, 2.45) is 17.3 Å². The van der Waals surface area contributed by atoms with Gasteiger partial charge in [0.05, 0.1) is 13.2 Å². The van der Waals surface area contributed by atoms with E-state index in [9.17, 15) is 0 Å². The van der Waals surface area contributed by atoms with Crippen molar-refractivity contribution in [1.29, 1.82) is 0 Å². The van der Waals surface area contributed by atoms with Crippen LogP contribution in [0.2, 0.25) is 0 Å². The third-order valence-electron chi connectivity index (χ3n) is 5.37. The molecule has 0 bridgehead atoms. The van der Waals surface area contributed by atoms with E-state index in [1.165, 1.54) is 44.1 Å². The Balaban J connectivity index is 2.15. The molecule has 148 valence electrons. The zero-order chi connectivity index (χ0) is 18.9. The van der Waals surface area contributed by atoms with E-state index in [1.807, 2.05) is 0 Å². The Morgan fingerprint density at radius 2 is 1.56 bits per heavy atom. The predicted molar refractivity (Wildman–Crippen MR) is 109 cm³/mol. The molecule has 2 heteroatoms. The Morgan fingerprint density at radius 3 is 2.16 bits per heavy atom. The second-order valence-corrected chi connectivity index (χ2v) is 9.79. The average molecular weight is 353 g/mol. The smallest absolute Gasteiger partial charge is 0.165 e. The fraction of sp³-hybridized carbons (Fsp3) is 0.913. The Kier molecular flexibility index (Phi) is 9.74. The molecule has 0 aliphatic carbocycles. The lowest BCUT2D eigenvalue weighted by Crippen LogP contribution is -2.45. The summed E-state index contributed by atoms with van der Waals surface area (Å²) in [4.78, 5) is 0. The monoisotopic (exact) mass is 352 g/mol. The van der Waals surface area contributed by atoms with Gasteiger partial charge in [-0.1, -0.05) is 72.0 Å². The van der Waals surface area contributed by atoms with Gasteiger partial charge in [0.15, 0.2) is 5.79 Å². The highest BCUT2D eigenvalue weighted by Gasteiger charge is 2.36. The SMILES string of the molecule is C/C(=C\CCC1(C)OCC(C)(C)CO1)CCC[C@H](C)CCCC(C)C. The third-order valence-corrected chi connectivity index (χ3v) is 5.37. The number of rotatable bonds is 11. The Morgan fingerprint density at radius 1 is 0.960 bits per heavy atom.